The minimum absolute atomic E-state index is 0.0592. The van der Waals surface area contributed by atoms with E-state index in [1.807, 2.05) is 30.7 Å². The number of carbonyl (C=O) groups excluding carboxylic acids is 1. The first kappa shape index (κ1) is 16.1. The van der Waals surface area contributed by atoms with Gasteiger partial charge in [-0.2, -0.15) is 11.3 Å². The highest BCUT2D eigenvalue weighted by atomic mass is 32.1. The molecule has 0 saturated carbocycles. The first-order chi connectivity index (χ1) is 9.81. The molecule has 2 aromatic rings. The molecule has 2 aromatic heterocycles. The Labute approximate surface area is 133 Å². The zero-order valence-corrected chi connectivity index (χ0v) is 14.3. The maximum Gasteiger partial charge on any atom is 0.265 e. The van der Waals surface area contributed by atoms with Gasteiger partial charge in [0, 0.05) is 24.0 Å². The summed E-state index contributed by atoms with van der Waals surface area (Å²) in [6.45, 7) is 8.07. The van der Waals surface area contributed by atoms with E-state index in [0.29, 0.717) is 18.0 Å². The molecule has 1 amide bonds. The van der Waals surface area contributed by atoms with Crippen LogP contribution >= 0.6 is 22.7 Å². The average Bonchev–Trinajstić information content (AvgIpc) is 3.02. The lowest BCUT2D eigenvalue weighted by atomic mass is 10.1. The largest absolute Gasteiger partial charge is 0.389 e. The number of aromatic nitrogens is 1. The number of hydrogen-bond acceptors (Lipinski definition) is 5. The van der Waals surface area contributed by atoms with Gasteiger partial charge in [0.1, 0.15) is 9.88 Å². The Morgan fingerprint density at radius 1 is 1.48 bits per heavy atom. The number of thiazole rings is 1. The standard InChI is InChI=1S/C15H20N2O2S2/c1-5-17(9-15(3,4)19)14(18)12-10(2)16-13(21-12)11-6-7-20-8-11/h6-8,19H,5,9H2,1-4H3. The number of thiophene rings is 1. The van der Waals surface area contributed by atoms with E-state index in [4.69, 9.17) is 0 Å². The number of aryl methyl sites for hydroxylation is 1. The molecule has 0 aliphatic rings. The zero-order valence-electron chi connectivity index (χ0n) is 12.7. The SMILES string of the molecule is CCN(CC(C)(C)O)C(=O)c1sc(-c2ccsc2)nc1C. The molecule has 1 N–H and O–H groups in total. The van der Waals surface area contributed by atoms with Crippen molar-refractivity contribution in [3.05, 3.63) is 27.4 Å². The molecule has 6 heteroatoms. The monoisotopic (exact) mass is 324 g/mol. The van der Waals surface area contributed by atoms with E-state index in [1.54, 1.807) is 30.1 Å². The molecule has 0 aliphatic heterocycles. The minimum atomic E-state index is -0.902. The summed E-state index contributed by atoms with van der Waals surface area (Å²) in [6.07, 6.45) is 0. The van der Waals surface area contributed by atoms with Crippen molar-refractivity contribution < 1.29 is 9.90 Å². The quantitative estimate of drug-likeness (QED) is 0.917. The van der Waals surface area contributed by atoms with Crippen LogP contribution in [-0.2, 0) is 0 Å². The third-order valence-electron chi connectivity index (χ3n) is 3.01. The van der Waals surface area contributed by atoms with Gasteiger partial charge in [-0.25, -0.2) is 4.98 Å². The van der Waals surface area contributed by atoms with Crippen molar-refractivity contribution in [3.8, 4) is 10.6 Å². The molecule has 0 radical (unpaired) electrons. The summed E-state index contributed by atoms with van der Waals surface area (Å²) >= 11 is 3.03. The van der Waals surface area contributed by atoms with Crippen LogP contribution in [0.5, 0.6) is 0 Å². The van der Waals surface area contributed by atoms with Gasteiger partial charge in [0.25, 0.3) is 5.91 Å². The van der Waals surface area contributed by atoms with E-state index in [0.717, 1.165) is 16.3 Å². The Bertz CT molecular complexity index is 612. The Morgan fingerprint density at radius 3 is 2.71 bits per heavy atom. The predicted octanol–water partition coefficient (Wildman–Crippen LogP) is 3.41. The Balaban J connectivity index is 2.26. The Morgan fingerprint density at radius 2 is 2.19 bits per heavy atom. The number of hydrogen-bond donors (Lipinski definition) is 1. The molecule has 0 atom stereocenters. The first-order valence-electron chi connectivity index (χ1n) is 6.83. The average molecular weight is 324 g/mol. The topological polar surface area (TPSA) is 53.4 Å². The van der Waals surface area contributed by atoms with Gasteiger partial charge in [-0.1, -0.05) is 0 Å². The summed E-state index contributed by atoms with van der Waals surface area (Å²) in [4.78, 5) is 19.5. The van der Waals surface area contributed by atoms with Crippen molar-refractivity contribution in [1.82, 2.24) is 9.88 Å². The van der Waals surface area contributed by atoms with Crippen molar-refractivity contribution in [2.24, 2.45) is 0 Å². The molecule has 0 aromatic carbocycles. The van der Waals surface area contributed by atoms with Gasteiger partial charge in [-0.05, 0) is 39.1 Å². The number of likely N-dealkylation sites (N-methyl/N-ethyl adjacent to an activating group) is 1. The highest BCUT2D eigenvalue weighted by Crippen LogP contribution is 2.30. The zero-order chi connectivity index (χ0) is 15.6. The van der Waals surface area contributed by atoms with Crippen molar-refractivity contribution >= 4 is 28.6 Å². The van der Waals surface area contributed by atoms with Crippen molar-refractivity contribution in [1.29, 1.82) is 0 Å². The van der Waals surface area contributed by atoms with Crippen molar-refractivity contribution in [3.63, 3.8) is 0 Å². The number of amides is 1. The smallest absolute Gasteiger partial charge is 0.265 e. The normalized spacial score (nSPS) is 11.7. The summed E-state index contributed by atoms with van der Waals surface area (Å²) < 4.78 is 0. The number of aliphatic hydroxyl groups is 1. The lowest BCUT2D eigenvalue weighted by molar-refractivity contribution is 0.0316. The molecule has 2 rings (SSSR count). The van der Waals surface area contributed by atoms with E-state index in [2.05, 4.69) is 4.98 Å². The van der Waals surface area contributed by atoms with Gasteiger partial charge in [-0.3, -0.25) is 4.79 Å². The maximum absolute atomic E-state index is 12.6. The van der Waals surface area contributed by atoms with Gasteiger partial charge < -0.3 is 10.0 Å². The molecule has 114 valence electrons. The summed E-state index contributed by atoms with van der Waals surface area (Å²) in [5.74, 6) is -0.0592. The van der Waals surface area contributed by atoms with Crippen LogP contribution in [0.2, 0.25) is 0 Å². The van der Waals surface area contributed by atoms with Gasteiger partial charge in [-0.15, -0.1) is 11.3 Å². The second kappa shape index (κ2) is 6.25. The summed E-state index contributed by atoms with van der Waals surface area (Å²) in [7, 11) is 0. The fourth-order valence-corrected chi connectivity index (χ4v) is 3.79. The molecule has 0 bridgehead atoms. The van der Waals surface area contributed by atoms with Gasteiger partial charge in [0.05, 0.1) is 11.3 Å². The maximum atomic E-state index is 12.6. The van der Waals surface area contributed by atoms with Crippen LogP contribution in [0.4, 0.5) is 0 Å². The minimum Gasteiger partial charge on any atom is -0.389 e. The Hall–Kier alpha value is -1.24. The third-order valence-corrected chi connectivity index (χ3v) is 4.88. The van der Waals surface area contributed by atoms with E-state index < -0.39 is 5.60 Å². The molecule has 21 heavy (non-hydrogen) atoms. The van der Waals surface area contributed by atoms with Crippen LogP contribution in [0.3, 0.4) is 0 Å². The highest BCUT2D eigenvalue weighted by molar-refractivity contribution is 7.17. The predicted molar refractivity (Wildman–Crippen MR) is 88.0 cm³/mol. The van der Waals surface area contributed by atoms with Crippen LogP contribution in [0.1, 0.15) is 36.1 Å². The molecule has 0 aliphatic carbocycles. The molecule has 0 spiro atoms. The third kappa shape index (κ3) is 3.90. The molecular weight excluding hydrogens is 304 g/mol. The molecule has 0 unspecified atom stereocenters. The molecule has 0 saturated heterocycles. The lowest BCUT2D eigenvalue weighted by Crippen LogP contribution is -2.42. The van der Waals surface area contributed by atoms with Crippen LogP contribution in [0.25, 0.3) is 10.6 Å². The highest BCUT2D eigenvalue weighted by Gasteiger charge is 2.25. The second-order valence-corrected chi connectivity index (χ2v) is 7.36. The van der Waals surface area contributed by atoms with E-state index in [9.17, 15) is 9.90 Å². The fraction of sp³-hybridized carbons (Fsp3) is 0.467. The fourth-order valence-electron chi connectivity index (χ4n) is 2.04. The molecular formula is C15H20N2O2S2. The van der Waals surface area contributed by atoms with Crippen molar-refractivity contribution in [2.75, 3.05) is 13.1 Å². The first-order valence-corrected chi connectivity index (χ1v) is 8.59. The molecule has 0 fully saturated rings. The Kier molecular flexibility index (Phi) is 4.81. The van der Waals surface area contributed by atoms with Crippen molar-refractivity contribution in [2.45, 2.75) is 33.3 Å². The van der Waals surface area contributed by atoms with Crippen LogP contribution < -0.4 is 0 Å². The molecule has 4 nitrogen and oxygen atoms in total. The number of rotatable bonds is 5. The molecule has 2 heterocycles. The van der Waals surface area contributed by atoms with Crippen LogP contribution in [0, 0.1) is 6.92 Å². The van der Waals surface area contributed by atoms with Gasteiger partial charge in [0.2, 0.25) is 0 Å². The van der Waals surface area contributed by atoms with Crippen LogP contribution in [0.15, 0.2) is 16.8 Å². The van der Waals surface area contributed by atoms with E-state index in [1.165, 1.54) is 11.3 Å². The summed E-state index contributed by atoms with van der Waals surface area (Å²) in [6, 6.07) is 2.01. The van der Waals surface area contributed by atoms with Gasteiger partial charge in [0.15, 0.2) is 0 Å². The summed E-state index contributed by atoms with van der Waals surface area (Å²) in [5.41, 5.74) is 0.901. The lowest BCUT2D eigenvalue weighted by Gasteiger charge is -2.27. The number of nitrogens with zero attached hydrogens (tertiary/aromatic N) is 2. The van der Waals surface area contributed by atoms with E-state index >= 15 is 0 Å². The van der Waals surface area contributed by atoms with Crippen LogP contribution in [-0.4, -0.2) is 39.6 Å². The second-order valence-electron chi connectivity index (χ2n) is 5.58. The summed E-state index contributed by atoms with van der Waals surface area (Å²) in [5, 5.41) is 14.8. The number of carbonyl (C=O) groups is 1. The van der Waals surface area contributed by atoms with Gasteiger partial charge >= 0.3 is 0 Å². The van der Waals surface area contributed by atoms with E-state index in [-0.39, 0.29) is 5.91 Å².